The average molecular weight is 522 g/mol. The van der Waals surface area contributed by atoms with Gasteiger partial charge in [-0.05, 0) is 55.2 Å². The van der Waals surface area contributed by atoms with E-state index in [0.29, 0.717) is 43.1 Å². The molecule has 0 unspecified atom stereocenters. The SMILES string of the molecule is Cc1ccc(C(=O)N2CCC3(CC2)CN(C(=O)Cc2cc([N+](=O)[O-])ccc2F)c2ccccc23)cc1Cl. The van der Waals surface area contributed by atoms with Crippen LogP contribution in [0.5, 0.6) is 0 Å². The molecule has 2 heterocycles. The number of non-ortho nitro benzene ring substituents is 1. The zero-order valence-corrected chi connectivity index (χ0v) is 21.0. The number of amides is 2. The predicted molar refractivity (Wildman–Crippen MR) is 139 cm³/mol. The Morgan fingerprint density at radius 2 is 1.81 bits per heavy atom. The van der Waals surface area contributed by atoms with Gasteiger partial charge in [0.15, 0.2) is 0 Å². The molecule has 2 amide bonds. The maximum absolute atomic E-state index is 14.4. The van der Waals surface area contributed by atoms with Crippen molar-refractivity contribution in [1.82, 2.24) is 4.90 Å². The molecule has 2 aliphatic rings. The molecule has 0 aromatic heterocycles. The van der Waals surface area contributed by atoms with E-state index in [4.69, 9.17) is 11.6 Å². The fourth-order valence-electron chi connectivity index (χ4n) is 5.40. The van der Waals surface area contributed by atoms with Crippen LogP contribution in [-0.2, 0) is 16.6 Å². The molecule has 1 fully saturated rings. The monoisotopic (exact) mass is 521 g/mol. The summed E-state index contributed by atoms with van der Waals surface area (Å²) in [4.78, 5) is 40.5. The third-order valence-electron chi connectivity index (χ3n) is 7.54. The van der Waals surface area contributed by atoms with Crippen LogP contribution in [0.3, 0.4) is 0 Å². The lowest BCUT2D eigenvalue weighted by atomic mass is 9.74. The van der Waals surface area contributed by atoms with E-state index in [9.17, 15) is 24.1 Å². The molecule has 0 radical (unpaired) electrons. The van der Waals surface area contributed by atoms with E-state index in [1.165, 1.54) is 0 Å². The number of nitro benzene ring substituents is 1. The molecular formula is C28H25ClFN3O4. The Morgan fingerprint density at radius 1 is 1.08 bits per heavy atom. The first kappa shape index (κ1) is 24.9. The maximum Gasteiger partial charge on any atom is 0.269 e. The number of anilines is 1. The molecule has 9 heteroatoms. The van der Waals surface area contributed by atoms with Gasteiger partial charge in [0.05, 0.1) is 11.3 Å². The summed E-state index contributed by atoms with van der Waals surface area (Å²) in [5.74, 6) is -1.04. The van der Waals surface area contributed by atoms with Crippen molar-refractivity contribution in [2.45, 2.75) is 31.6 Å². The van der Waals surface area contributed by atoms with Crippen molar-refractivity contribution in [3.63, 3.8) is 0 Å². The number of likely N-dealkylation sites (tertiary alicyclic amines) is 1. The molecule has 1 spiro atoms. The number of rotatable bonds is 4. The lowest BCUT2D eigenvalue weighted by Gasteiger charge is -2.40. The highest BCUT2D eigenvalue weighted by Gasteiger charge is 2.46. The van der Waals surface area contributed by atoms with Crippen LogP contribution < -0.4 is 4.90 Å². The second-order valence-electron chi connectivity index (χ2n) is 9.74. The zero-order chi connectivity index (χ0) is 26.3. The highest BCUT2D eigenvalue weighted by molar-refractivity contribution is 6.31. The molecule has 0 bridgehead atoms. The van der Waals surface area contributed by atoms with Gasteiger partial charge in [0.2, 0.25) is 5.91 Å². The van der Waals surface area contributed by atoms with Crippen LogP contribution in [0.15, 0.2) is 60.7 Å². The Morgan fingerprint density at radius 3 is 2.51 bits per heavy atom. The number of carbonyl (C=O) groups excluding carboxylic acids is 2. The van der Waals surface area contributed by atoms with Gasteiger partial charge >= 0.3 is 0 Å². The minimum Gasteiger partial charge on any atom is -0.339 e. The van der Waals surface area contributed by atoms with Crippen LogP contribution >= 0.6 is 11.6 Å². The predicted octanol–water partition coefficient (Wildman–Crippen LogP) is 5.46. The number of halogens is 2. The summed E-state index contributed by atoms with van der Waals surface area (Å²) in [6.45, 7) is 3.36. The molecule has 0 aliphatic carbocycles. The van der Waals surface area contributed by atoms with Crippen molar-refractivity contribution in [3.8, 4) is 0 Å². The van der Waals surface area contributed by atoms with Gasteiger partial charge in [0.1, 0.15) is 5.82 Å². The summed E-state index contributed by atoms with van der Waals surface area (Å²) in [7, 11) is 0. The number of para-hydroxylation sites is 1. The standard InChI is InChI=1S/C28H25ClFN3O4/c1-18-6-7-19(15-23(18)29)27(35)31-12-10-28(11-13-31)17-32(25-5-3-2-4-22(25)28)26(34)16-20-14-21(33(36)37)8-9-24(20)30/h2-9,14-15H,10-13,16-17H2,1H3. The summed E-state index contributed by atoms with van der Waals surface area (Å²) in [5.41, 5.74) is 2.68. The number of carbonyl (C=O) groups is 2. The van der Waals surface area contributed by atoms with Crippen LogP contribution in [0, 0.1) is 22.9 Å². The largest absolute Gasteiger partial charge is 0.339 e. The molecular weight excluding hydrogens is 497 g/mol. The summed E-state index contributed by atoms with van der Waals surface area (Å²) in [6, 6.07) is 16.2. The van der Waals surface area contributed by atoms with E-state index in [1.807, 2.05) is 42.2 Å². The highest BCUT2D eigenvalue weighted by atomic mass is 35.5. The number of aryl methyl sites for hydroxylation is 1. The molecule has 5 rings (SSSR count). The van der Waals surface area contributed by atoms with Crippen molar-refractivity contribution < 1.29 is 18.9 Å². The van der Waals surface area contributed by atoms with E-state index in [1.54, 1.807) is 17.0 Å². The van der Waals surface area contributed by atoms with Crippen molar-refractivity contribution in [2.75, 3.05) is 24.5 Å². The van der Waals surface area contributed by atoms with E-state index in [-0.39, 0.29) is 34.9 Å². The first-order valence-corrected chi connectivity index (χ1v) is 12.4. The lowest BCUT2D eigenvalue weighted by molar-refractivity contribution is -0.385. The Labute approximate surface area is 218 Å². The first-order valence-electron chi connectivity index (χ1n) is 12.1. The number of fused-ring (bicyclic) bond motifs is 2. The van der Waals surface area contributed by atoms with Gasteiger partial charge in [-0.15, -0.1) is 0 Å². The van der Waals surface area contributed by atoms with Crippen molar-refractivity contribution in [1.29, 1.82) is 0 Å². The fourth-order valence-corrected chi connectivity index (χ4v) is 5.58. The first-order chi connectivity index (χ1) is 17.7. The number of piperidine rings is 1. The fraction of sp³-hybridized carbons (Fsp3) is 0.286. The number of hydrogen-bond donors (Lipinski definition) is 0. The number of hydrogen-bond acceptors (Lipinski definition) is 4. The van der Waals surface area contributed by atoms with Gasteiger partial charge < -0.3 is 9.80 Å². The van der Waals surface area contributed by atoms with Gasteiger partial charge in [-0.2, -0.15) is 0 Å². The van der Waals surface area contributed by atoms with E-state index >= 15 is 0 Å². The molecule has 2 aliphatic heterocycles. The highest BCUT2D eigenvalue weighted by Crippen LogP contribution is 2.47. The molecule has 0 atom stereocenters. The zero-order valence-electron chi connectivity index (χ0n) is 20.2. The third-order valence-corrected chi connectivity index (χ3v) is 7.94. The summed E-state index contributed by atoms with van der Waals surface area (Å²) >= 11 is 6.22. The van der Waals surface area contributed by atoms with Crippen molar-refractivity contribution >= 4 is 34.8 Å². The van der Waals surface area contributed by atoms with Crippen molar-refractivity contribution in [3.05, 3.63) is 104 Å². The molecule has 37 heavy (non-hydrogen) atoms. The van der Waals surface area contributed by atoms with Crippen LogP contribution in [0.1, 0.15) is 39.9 Å². The van der Waals surface area contributed by atoms with Gasteiger partial charge in [-0.3, -0.25) is 19.7 Å². The molecule has 0 N–H and O–H groups in total. The van der Waals surface area contributed by atoms with Crippen LogP contribution in [0.2, 0.25) is 5.02 Å². The average Bonchev–Trinajstić information content (AvgIpc) is 3.21. The molecule has 3 aromatic carbocycles. The Bertz CT molecular complexity index is 1420. The quantitative estimate of drug-likeness (QED) is 0.337. The number of nitro groups is 1. The smallest absolute Gasteiger partial charge is 0.269 e. The Kier molecular flexibility index (Phi) is 6.45. The minimum atomic E-state index is -0.649. The van der Waals surface area contributed by atoms with Gasteiger partial charge in [-0.1, -0.05) is 35.9 Å². The van der Waals surface area contributed by atoms with Crippen LogP contribution in [0.4, 0.5) is 15.8 Å². The van der Waals surface area contributed by atoms with E-state index in [0.717, 1.165) is 35.0 Å². The number of nitrogens with zero attached hydrogens (tertiary/aromatic N) is 3. The molecule has 3 aromatic rings. The van der Waals surface area contributed by atoms with E-state index in [2.05, 4.69) is 0 Å². The minimum absolute atomic E-state index is 0.00481. The van der Waals surface area contributed by atoms with Gasteiger partial charge in [-0.25, -0.2) is 4.39 Å². The molecule has 0 saturated carbocycles. The Hall–Kier alpha value is -3.78. The Balaban J connectivity index is 1.35. The normalized spacial score (nSPS) is 16.1. The summed E-state index contributed by atoms with van der Waals surface area (Å²) < 4.78 is 14.4. The van der Waals surface area contributed by atoms with E-state index < -0.39 is 10.7 Å². The second-order valence-corrected chi connectivity index (χ2v) is 10.2. The number of benzene rings is 3. The molecule has 7 nitrogen and oxygen atoms in total. The third kappa shape index (κ3) is 4.57. The second kappa shape index (κ2) is 9.59. The van der Waals surface area contributed by atoms with Crippen molar-refractivity contribution in [2.24, 2.45) is 0 Å². The summed E-state index contributed by atoms with van der Waals surface area (Å²) in [6.07, 6.45) is 1.06. The van der Waals surface area contributed by atoms with Crippen LogP contribution in [0.25, 0.3) is 0 Å². The molecule has 190 valence electrons. The van der Waals surface area contributed by atoms with Gasteiger partial charge in [0.25, 0.3) is 11.6 Å². The molecule has 1 saturated heterocycles. The van der Waals surface area contributed by atoms with Crippen LogP contribution in [-0.4, -0.2) is 41.3 Å². The maximum atomic E-state index is 14.4. The lowest BCUT2D eigenvalue weighted by Crippen LogP contribution is -2.48. The topological polar surface area (TPSA) is 83.8 Å². The van der Waals surface area contributed by atoms with Gasteiger partial charge in [0, 0.05) is 59.0 Å². The summed E-state index contributed by atoms with van der Waals surface area (Å²) in [5, 5.41) is 11.7.